The fourth-order valence-electron chi connectivity index (χ4n) is 3.92. The fraction of sp³-hybridized carbons (Fsp3) is 0.667. The van der Waals surface area contributed by atoms with Gasteiger partial charge < -0.3 is 16.0 Å². The number of nitrogens with zero attached hydrogens (tertiary/aromatic N) is 4. The van der Waals surface area contributed by atoms with Gasteiger partial charge in [-0.25, -0.2) is 9.97 Å². The predicted molar refractivity (Wildman–Crippen MR) is 98.1 cm³/mol. The van der Waals surface area contributed by atoms with E-state index >= 15 is 0 Å². The molecule has 2 heterocycles. The number of carbonyl (C=O) groups is 1. The summed E-state index contributed by atoms with van der Waals surface area (Å²) in [6.07, 6.45) is 8.76. The summed E-state index contributed by atoms with van der Waals surface area (Å²) in [6.45, 7) is 1.00. The summed E-state index contributed by atoms with van der Waals surface area (Å²) in [7, 11) is 0. The van der Waals surface area contributed by atoms with Crippen molar-refractivity contribution in [2.24, 2.45) is 11.7 Å². The molecule has 0 radical (unpaired) electrons. The molecule has 1 saturated carbocycles. The molecule has 140 valence electrons. The molecule has 0 aromatic carbocycles. The molecule has 0 spiro atoms. The third-order valence-corrected chi connectivity index (χ3v) is 5.68. The number of nitriles is 1. The van der Waals surface area contributed by atoms with E-state index in [2.05, 4.69) is 21.4 Å². The lowest BCUT2D eigenvalue weighted by molar-refractivity contribution is -0.130. The van der Waals surface area contributed by atoms with E-state index in [1.54, 1.807) is 17.3 Å². The van der Waals surface area contributed by atoms with Crippen molar-refractivity contribution >= 4 is 17.5 Å². The van der Waals surface area contributed by atoms with Crippen LogP contribution in [0, 0.1) is 17.2 Å². The first-order chi connectivity index (χ1) is 12.6. The Kier molecular flexibility index (Phi) is 6.41. The second-order valence-corrected chi connectivity index (χ2v) is 7.59. The topological polar surface area (TPSA) is 108 Å². The molecule has 26 heavy (non-hydrogen) atoms. The highest BCUT2D eigenvalue weighted by molar-refractivity contribution is 6.30. The lowest BCUT2D eigenvalue weighted by Crippen LogP contribution is -2.44. The Labute approximate surface area is 158 Å². The lowest BCUT2D eigenvalue weighted by Gasteiger charge is -2.32. The largest absolute Gasteiger partial charge is 0.326 e. The average molecular weight is 377 g/mol. The van der Waals surface area contributed by atoms with Crippen LogP contribution in [0.4, 0.5) is 0 Å². The highest BCUT2D eigenvalue weighted by atomic mass is 35.5. The fourth-order valence-corrected chi connectivity index (χ4v) is 4.02. The van der Waals surface area contributed by atoms with E-state index in [1.165, 1.54) is 0 Å². The van der Waals surface area contributed by atoms with Crippen LogP contribution in [0.2, 0.25) is 5.02 Å². The van der Waals surface area contributed by atoms with Crippen molar-refractivity contribution in [2.45, 2.75) is 56.7 Å². The van der Waals surface area contributed by atoms with Crippen molar-refractivity contribution < 1.29 is 4.79 Å². The van der Waals surface area contributed by atoms with Gasteiger partial charge in [0.15, 0.2) is 0 Å². The Balaban J connectivity index is 1.43. The summed E-state index contributed by atoms with van der Waals surface area (Å²) >= 11 is 5.82. The van der Waals surface area contributed by atoms with Gasteiger partial charge in [0.25, 0.3) is 0 Å². The van der Waals surface area contributed by atoms with Crippen LogP contribution in [-0.2, 0) is 4.79 Å². The number of nitrogens with one attached hydrogen (secondary N) is 1. The molecule has 2 atom stereocenters. The number of hydrogen-bond acceptors (Lipinski definition) is 6. The zero-order chi connectivity index (χ0) is 18.5. The molecule has 2 aliphatic rings. The van der Waals surface area contributed by atoms with Gasteiger partial charge >= 0.3 is 0 Å². The molecule has 1 aliphatic heterocycles. The van der Waals surface area contributed by atoms with Crippen molar-refractivity contribution in [3.63, 3.8) is 0 Å². The average Bonchev–Trinajstić information content (AvgIpc) is 3.15. The number of carbonyl (C=O) groups excluding carboxylic acids is 1. The number of amides is 1. The van der Waals surface area contributed by atoms with Crippen LogP contribution in [0.25, 0.3) is 0 Å². The van der Waals surface area contributed by atoms with Crippen LogP contribution in [0.5, 0.6) is 0 Å². The Morgan fingerprint density at radius 2 is 2.04 bits per heavy atom. The highest BCUT2D eigenvalue weighted by Crippen LogP contribution is 2.32. The maximum atomic E-state index is 12.3. The number of hydrogen-bond donors (Lipinski definition) is 2. The lowest BCUT2D eigenvalue weighted by atomic mass is 9.81. The molecule has 1 amide bonds. The Morgan fingerprint density at radius 1 is 1.35 bits per heavy atom. The van der Waals surface area contributed by atoms with Gasteiger partial charge in [0.1, 0.15) is 11.9 Å². The smallest absolute Gasteiger partial charge is 0.237 e. The highest BCUT2D eigenvalue weighted by Gasteiger charge is 2.30. The standard InChI is InChI=1S/C18H25ClN6O/c19-13-9-23-18(24-10-13)17(21)12-3-5-14(6-4-12)22-11-16(26)25-7-1-2-15(25)8-20/h9-10,12,14-15,17,22H,1-7,11,21H2/t12?,14?,15-,17?/m0/s1. The van der Waals surface area contributed by atoms with Crippen LogP contribution in [0.15, 0.2) is 12.4 Å². The molecule has 1 unspecified atom stereocenters. The van der Waals surface area contributed by atoms with Gasteiger partial charge in [0.05, 0.1) is 23.7 Å². The summed E-state index contributed by atoms with van der Waals surface area (Å²) in [6, 6.07) is 2.09. The monoisotopic (exact) mass is 376 g/mol. The molecule has 3 rings (SSSR count). The molecule has 3 N–H and O–H groups in total. The minimum atomic E-state index is -0.252. The van der Waals surface area contributed by atoms with Gasteiger partial charge in [-0.15, -0.1) is 0 Å². The summed E-state index contributed by atoms with van der Waals surface area (Å²) in [5.41, 5.74) is 6.32. The van der Waals surface area contributed by atoms with Crippen molar-refractivity contribution in [3.8, 4) is 6.07 Å². The quantitative estimate of drug-likeness (QED) is 0.811. The van der Waals surface area contributed by atoms with Gasteiger partial charge in [-0.05, 0) is 44.4 Å². The minimum absolute atomic E-state index is 0.0300. The van der Waals surface area contributed by atoms with Gasteiger partial charge in [0, 0.05) is 25.0 Å². The van der Waals surface area contributed by atoms with Crippen molar-refractivity contribution in [1.29, 1.82) is 5.26 Å². The van der Waals surface area contributed by atoms with Crippen molar-refractivity contribution in [2.75, 3.05) is 13.1 Å². The van der Waals surface area contributed by atoms with Crippen molar-refractivity contribution in [1.82, 2.24) is 20.2 Å². The number of likely N-dealkylation sites (tertiary alicyclic amines) is 1. The molecule has 0 bridgehead atoms. The molecule has 1 aromatic rings. The van der Waals surface area contributed by atoms with Crippen LogP contribution >= 0.6 is 11.6 Å². The SMILES string of the molecule is N#C[C@@H]1CCCN1C(=O)CNC1CCC(C(N)c2ncc(Cl)cn2)CC1. The van der Waals surface area contributed by atoms with E-state index in [4.69, 9.17) is 22.6 Å². The second-order valence-electron chi connectivity index (χ2n) is 7.15. The summed E-state index contributed by atoms with van der Waals surface area (Å²) < 4.78 is 0. The molecule has 1 aliphatic carbocycles. The normalized spacial score (nSPS) is 27.1. The Hall–Kier alpha value is -1.75. The predicted octanol–water partition coefficient (Wildman–Crippen LogP) is 1.79. The Bertz CT molecular complexity index is 653. The van der Waals surface area contributed by atoms with Gasteiger partial charge in [-0.2, -0.15) is 5.26 Å². The molecule has 1 aromatic heterocycles. The second kappa shape index (κ2) is 8.76. The first-order valence-corrected chi connectivity index (χ1v) is 9.61. The van der Waals surface area contributed by atoms with E-state index in [9.17, 15) is 4.79 Å². The summed E-state index contributed by atoms with van der Waals surface area (Å²) in [4.78, 5) is 22.5. The first-order valence-electron chi connectivity index (χ1n) is 9.24. The number of halogens is 1. The summed E-state index contributed by atoms with van der Waals surface area (Å²) in [5, 5.41) is 13.0. The van der Waals surface area contributed by atoms with E-state index in [0.29, 0.717) is 35.9 Å². The minimum Gasteiger partial charge on any atom is -0.326 e. The molecular weight excluding hydrogens is 352 g/mol. The number of aromatic nitrogens is 2. The van der Waals surface area contributed by atoms with Gasteiger partial charge in [-0.1, -0.05) is 11.6 Å². The van der Waals surface area contributed by atoms with E-state index < -0.39 is 0 Å². The summed E-state index contributed by atoms with van der Waals surface area (Å²) in [5.74, 6) is 1.01. The number of rotatable bonds is 5. The van der Waals surface area contributed by atoms with Crippen LogP contribution in [0.3, 0.4) is 0 Å². The number of nitrogens with two attached hydrogens (primary N) is 1. The Morgan fingerprint density at radius 3 is 2.69 bits per heavy atom. The van der Waals surface area contributed by atoms with Crippen LogP contribution < -0.4 is 11.1 Å². The van der Waals surface area contributed by atoms with Gasteiger partial charge in [0.2, 0.25) is 5.91 Å². The molecular formula is C18H25ClN6O. The van der Waals surface area contributed by atoms with E-state index in [1.807, 2.05) is 0 Å². The first kappa shape index (κ1) is 19.0. The third-order valence-electron chi connectivity index (χ3n) is 5.48. The molecule has 1 saturated heterocycles. The van der Waals surface area contributed by atoms with Crippen LogP contribution in [0.1, 0.15) is 50.4 Å². The van der Waals surface area contributed by atoms with E-state index in [0.717, 1.165) is 38.5 Å². The maximum Gasteiger partial charge on any atom is 0.237 e. The molecule has 8 heteroatoms. The zero-order valence-corrected chi connectivity index (χ0v) is 15.5. The molecule has 2 fully saturated rings. The third kappa shape index (κ3) is 4.50. The maximum absolute atomic E-state index is 12.3. The van der Waals surface area contributed by atoms with E-state index in [-0.39, 0.29) is 18.0 Å². The van der Waals surface area contributed by atoms with Crippen molar-refractivity contribution in [3.05, 3.63) is 23.2 Å². The van der Waals surface area contributed by atoms with Gasteiger partial charge in [-0.3, -0.25) is 4.79 Å². The van der Waals surface area contributed by atoms with Crippen LogP contribution in [-0.4, -0.2) is 45.9 Å². The molecule has 7 nitrogen and oxygen atoms in total. The zero-order valence-electron chi connectivity index (χ0n) is 14.8.